The summed E-state index contributed by atoms with van der Waals surface area (Å²) in [5, 5.41) is 4.80. The highest BCUT2D eigenvalue weighted by atomic mass is 35.5. The van der Waals surface area contributed by atoms with E-state index in [9.17, 15) is 0 Å². The van der Waals surface area contributed by atoms with Gasteiger partial charge in [0.05, 0.1) is 0 Å². The number of hydrogen-bond donors (Lipinski definition) is 1. The molecule has 2 aromatic carbocycles. The third-order valence-corrected chi connectivity index (χ3v) is 4.98. The van der Waals surface area contributed by atoms with E-state index >= 15 is 0 Å². The first-order valence-corrected chi connectivity index (χ1v) is 10.3. The van der Waals surface area contributed by atoms with Crippen molar-refractivity contribution in [1.29, 1.82) is 0 Å². The monoisotopic (exact) mass is 429 g/mol. The molecule has 1 N–H and O–H groups in total. The van der Waals surface area contributed by atoms with Gasteiger partial charge in [0, 0.05) is 27.7 Å². The number of hydrogen-bond acceptors (Lipinski definition) is 2. The van der Waals surface area contributed by atoms with E-state index in [1.54, 1.807) is 6.07 Å². The van der Waals surface area contributed by atoms with E-state index in [1.807, 2.05) is 30.3 Å². The van der Waals surface area contributed by atoms with Crippen molar-refractivity contribution < 1.29 is 4.74 Å². The Kier molecular flexibility index (Phi) is 12.6. The van der Waals surface area contributed by atoms with Crippen LogP contribution in [-0.2, 0) is 13.2 Å². The summed E-state index contributed by atoms with van der Waals surface area (Å²) in [5.41, 5.74) is 2.11. The molecule has 27 heavy (non-hydrogen) atoms. The summed E-state index contributed by atoms with van der Waals surface area (Å²) in [5.74, 6) is 0.897. The van der Waals surface area contributed by atoms with Crippen molar-refractivity contribution in [2.45, 2.75) is 58.6 Å². The van der Waals surface area contributed by atoms with E-state index in [1.165, 1.54) is 44.1 Å². The van der Waals surface area contributed by atoms with Crippen LogP contribution in [-0.4, -0.2) is 6.54 Å². The molecular weight excluding hydrogens is 401 g/mol. The summed E-state index contributed by atoms with van der Waals surface area (Å²) < 4.78 is 6.00. The second-order valence-corrected chi connectivity index (χ2v) is 7.42. The summed E-state index contributed by atoms with van der Waals surface area (Å²) in [6.07, 6.45) is 7.90. The van der Waals surface area contributed by atoms with E-state index in [2.05, 4.69) is 18.3 Å². The maximum absolute atomic E-state index is 6.22. The van der Waals surface area contributed by atoms with Crippen LogP contribution in [0.1, 0.15) is 56.6 Å². The van der Waals surface area contributed by atoms with Crippen LogP contribution < -0.4 is 10.1 Å². The SMILES string of the molecule is CCCCCCCCNCc1ccccc1OCc1ccc(Cl)cc1Cl.Cl. The Labute approximate surface area is 180 Å². The van der Waals surface area contributed by atoms with Crippen LogP contribution in [0.15, 0.2) is 42.5 Å². The molecule has 0 saturated heterocycles. The Hall–Kier alpha value is -0.930. The third kappa shape index (κ3) is 9.21. The molecule has 0 unspecified atom stereocenters. The van der Waals surface area contributed by atoms with Gasteiger partial charge in [-0.1, -0.05) is 86.5 Å². The fourth-order valence-electron chi connectivity index (χ4n) is 2.84. The van der Waals surface area contributed by atoms with Gasteiger partial charge in [-0.3, -0.25) is 0 Å². The zero-order valence-corrected chi connectivity index (χ0v) is 18.3. The van der Waals surface area contributed by atoms with Gasteiger partial charge in [-0.2, -0.15) is 0 Å². The average molecular weight is 431 g/mol. The minimum Gasteiger partial charge on any atom is -0.489 e. The quantitative estimate of drug-likeness (QED) is 0.353. The van der Waals surface area contributed by atoms with Crippen LogP contribution in [0.4, 0.5) is 0 Å². The molecule has 0 spiro atoms. The molecule has 0 aliphatic heterocycles. The van der Waals surface area contributed by atoms with Crippen molar-refractivity contribution in [2.24, 2.45) is 0 Å². The zero-order valence-electron chi connectivity index (χ0n) is 16.0. The molecular formula is C22H30Cl3NO. The van der Waals surface area contributed by atoms with E-state index in [-0.39, 0.29) is 12.4 Å². The van der Waals surface area contributed by atoms with Crippen LogP contribution in [0.5, 0.6) is 5.75 Å². The predicted octanol–water partition coefficient (Wildman–Crippen LogP) is 7.44. The molecule has 150 valence electrons. The predicted molar refractivity (Wildman–Crippen MR) is 120 cm³/mol. The lowest BCUT2D eigenvalue weighted by atomic mass is 10.1. The second-order valence-electron chi connectivity index (χ2n) is 6.58. The lowest BCUT2D eigenvalue weighted by Crippen LogP contribution is -2.15. The van der Waals surface area contributed by atoms with Crippen molar-refractivity contribution >= 4 is 35.6 Å². The normalized spacial score (nSPS) is 10.5. The maximum Gasteiger partial charge on any atom is 0.124 e. The summed E-state index contributed by atoms with van der Waals surface area (Å²) in [4.78, 5) is 0. The number of rotatable bonds is 12. The first kappa shape index (κ1) is 24.1. The highest BCUT2D eigenvalue weighted by Gasteiger charge is 2.06. The Morgan fingerprint density at radius 3 is 2.41 bits per heavy atom. The van der Waals surface area contributed by atoms with E-state index < -0.39 is 0 Å². The van der Waals surface area contributed by atoms with Crippen LogP contribution in [0, 0.1) is 0 Å². The van der Waals surface area contributed by atoms with E-state index in [0.717, 1.165) is 24.4 Å². The van der Waals surface area contributed by atoms with Gasteiger partial charge in [0.1, 0.15) is 12.4 Å². The summed E-state index contributed by atoms with van der Waals surface area (Å²) in [6, 6.07) is 13.6. The number of benzene rings is 2. The number of ether oxygens (including phenoxy) is 1. The van der Waals surface area contributed by atoms with Crippen LogP contribution in [0.2, 0.25) is 10.0 Å². The van der Waals surface area contributed by atoms with Gasteiger partial charge < -0.3 is 10.1 Å². The standard InChI is InChI=1S/C22H29Cl2NO.ClH/c1-2-3-4-5-6-9-14-25-16-18-10-7-8-11-22(18)26-17-19-12-13-20(23)15-21(19)24;/h7-8,10-13,15,25H,2-6,9,14,16-17H2,1H3;1H. The number of para-hydroxylation sites is 1. The molecule has 0 aliphatic rings. The van der Waals surface area contributed by atoms with Crippen LogP contribution in [0.25, 0.3) is 0 Å². The fraction of sp³-hybridized carbons (Fsp3) is 0.455. The molecule has 0 fully saturated rings. The Morgan fingerprint density at radius 2 is 1.63 bits per heavy atom. The maximum atomic E-state index is 6.22. The lowest BCUT2D eigenvalue weighted by Gasteiger charge is -2.13. The molecule has 0 radical (unpaired) electrons. The third-order valence-electron chi connectivity index (χ3n) is 4.39. The van der Waals surface area contributed by atoms with Crippen molar-refractivity contribution in [3.8, 4) is 5.75 Å². The first-order chi connectivity index (χ1) is 12.7. The molecule has 0 amide bonds. The Bertz CT molecular complexity index is 664. The smallest absolute Gasteiger partial charge is 0.124 e. The topological polar surface area (TPSA) is 21.3 Å². The molecule has 0 aromatic heterocycles. The first-order valence-electron chi connectivity index (χ1n) is 9.56. The lowest BCUT2D eigenvalue weighted by molar-refractivity contribution is 0.302. The van der Waals surface area contributed by atoms with E-state index in [4.69, 9.17) is 27.9 Å². The van der Waals surface area contributed by atoms with Gasteiger partial charge >= 0.3 is 0 Å². The summed E-state index contributed by atoms with van der Waals surface area (Å²) in [7, 11) is 0. The highest BCUT2D eigenvalue weighted by Crippen LogP contribution is 2.24. The Morgan fingerprint density at radius 1 is 0.889 bits per heavy atom. The fourth-order valence-corrected chi connectivity index (χ4v) is 3.30. The minimum absolute atomic E-state index is 0. The van der Waals surface area contributed by atoms with Crippen LogP contribution in [0.3, 0.4) is 0 Å². The molecule has 0 heterocycles. The minimum atomic E-state index is 0. The molecule has 0 bridgehead atoms. The van der Waals surface area contributed by atoms with Gasteiger partial charge in [-0.25, -0.2) is 0 Å². The summed E-state index contributed by atoms with van der Waals surface area (Å²) in [6.45, 7) is 4.55. The second kappa shape index (κ2) is 14.1. The van der Waals surface area contributed by atoms with Crippen molar-refractivity contribution in [1.82, 2.24) is 5.32 Å². The number of unbranched alkanes of at least 4 members (excludes halogenated alkanes) is 5. The molecule has 0 saturated carbocycles. The Balaban J connectivity index is 0.00000364. The zero-order chi connectivity index (χ0) is 18.6. The van der Waals surface area contributed by atoms with Gasteiger partial charge in [-0.15, -0.1) is 12.4 Å². The van der Waals surface area contributed by atoms with Gasteiger partial charge in [0.2, 0.25) is 0 Å². The number of nitrogens with one attached hydrogen (secondary N) is 1. The van der Waals surface area contributed by atoms with Crippen molar-refractivity contribution in [3.05, 3.63) is 63.6 Å². The molecule has 0 aliphatic carbocycles. The van der Waals surface area contributed by atoms with E-state index in [0.29, 0.717) is 16.7 Å². The average Bonchev–Trinajstić information content (AvgIpc) is 2.64. The summed E-state index contributed by atoms with van der Waals surface area (Å²) >= 11 is 12.2. The van der Waals surface area contributed by atoms with Gasteiger partial charge in [0.25, 0.3) is 0 Å². The molecule has 2 rings (SSSR count). The van der Waals surface area contributed by atoms with Crippen molar-refractivity contribution in [2.75, 3.05) is 6.54 Å². The van der Waals surface area contributed by atoms with Gasteiger partial charge in [0.15, 0.2) is 0 Å². The largest absolute Gasteiger partial charge is 0.489 e. The molecule has 2 nitrogen and oxygen atoms in total. The van der Waals surface area contributed by atoms with Crippen LogP contribution >= 0.6 is 35.6 Å². The molecule has 5 heteroatoms. The highest BCUT2D eigenvalue weighted by molar-refractivity contribution is 6.35. The van der Waals surface area contributed by atoms with Crippen molar-refractivity contribution in [3.63, 3.8) is 0 Å². The molecule has 2 aromatic rings. The molecule has 0 atom stereocenters. The number of halogens is 3. The van der Waals surface area contributed by atoms with Gasteiger partial charge in [-0.05, 0) is 31.2 Å².